The zero-order valence-electron chi connectivity index (χ0n) is 16.2. The number of nitrogens with zero attached hydrogens (tertiary/aromatic N) is 2. The third kappa shape index (κ3) is 3.97. The summed E-state index contributed by atoms with van der Waals surface area (Å²) in [6, 6.07) is 7.57. The number of nitrogens with one attached hydrogen (secondary N) is 2. The first-order valence-corrected chi connectivity index (χ1v) is 9.79. The lowest BCUT2D eigenvalue weighted by molar-refractivity contribution is 0.100. The van der Waals surface area contributed by atoms with E-state index in [4.69, 9.17) is 11.5 Å². The summed E-state index contributed by atoms with van der Waals surface area (Å²) in [5, 5.41) is 17.0. The molecule has 0 radical (unpaired) electrons. The molecule has 0 spiro atoms. The first kappa shape index (κ1) is 19.8. The molecule has 8 nitrogen and oxygen atoms in total. The highest BCUT2D eigenvalue weighted by molar-refractivity contribution is 5.99. The van der Waals surface area contributed by atoms with Crippen LogP contribution >= 0.6 is 0 Å². The maximum absolute atomic E-state index is 14.6. The molecular weight excluding hydrogens is 387 g/mol. The van der Waals surface area contributed by atoms with Crippen LogP contribution in [0.5, 0.6) is 5.75 Å². The molecule has 0 bridgehead atoms. The number of aromatic nitrogens is 2. The van der Waals surface area contributed by atoms with Gasteiger partial charge in [-0.1, -0.05) is 18.9 Å². The molecule has 1 aromatic carbocycles. The number of amides is 1. The molecule has 1 amide bonds. The molecule has 1 aliphatic carbocycles. The van der Waals surface area contributed by atoms with Crippen LogP contribution in [0.25, 0.3) is 10.9 Å². The predicted octanol–water partition coefficient (Wildman–Crippen LogP) is 3.00. The van der Waals surface area contributed by atoms with E-state index >= 15 is 0 Å². The van der Waals surface area contributed by atoms with E-state index in [1.165, 1.54) is 6.07 Å². The van der Waals surface area contributed by atoms with Crippen molar-refractivity contribution in [1.82, 2.24) is 9.97 Å². The second kappa shape index (κ2) is 8.11. The molecule has 0 saturated heterocycles. The van der Waals surface area contributed by atoms with Crippen molar-refractivity contribution in [2.24, 2.45) is 11.5 Å². The van der Waals surface area contributed by atoms with Crippen molar-refractivity contribution >= 4 is 34.1 Å². The molecular formula is C21H23FN6O2. The highest BCUT2D eigenvalue weighted by atomic mass is 19.1. The van der Waals surface area contributed by atoms with Crippen molar-refractivity contribution in [3.05, 3.63) is 47.9 Å². The van der Waals surface area contributed by atoms with Crippen molar-refractivity contribution in [1.29, 1.82) is 0 Å². The fraction of sp³-hybridized carbons (Fsp3) is 0.286. The summed E-state index contributed by atoms with van der Waals surface area (Å²) < 4.78 is 14.6. The number of hydrogen-bond donors (Lipinski definition) is 5. The van der Waals surface area contributed by atoms with Crippen LogP contribution in [-0.2, 0) is 0 Å². The Kier molecular flexibility index (Phi) is 5.37. The van der Waals surface area contributed by atoms with Crippen LogP contribution in [0, 0.1) is 5.82 Å². The van der Waals surface area contributed by atoms with Crippen LogP contribution in [0.1, 0.15) is 36.0 Å². The molecule has 0 aliphatic heterocycles. The average molecular weight is 410 g/mol. The van der Waals surface area contributed by atoms with Crippen molar-refractivity contribution in [3.63, 3.8) is 0 Å². The number of fused-ring (bicyclic) bond motifs is 1. The van der Waals surface area contributed by atoms with Gasteiger partial charge in [0.05, 0.1) is 5.56 Å². The summed E-state index contributed by atoms with van der Waals surface area (Å²) in [5.41, 5.74) is 12.4. The van der Waals surface area contributed by atoms with Gasteiger partial charge < -0.3 is 27.2 Å². The average Bonchev–Trinajstić information content (AvgIpc) is 2.71. The van der Waals surface area contributed by atoms with E-state index in [1.807, 2.05) is 0 Å². The van der Waals surface area contributed by atoms with Crippen molar-refractivity contribution in [2.45, 2.75) is 37.8 Å². The van der Waals surface area contributed by atoms with Crippen molar-refractivity contribution in [3.8, 4) is 5.75 Å². The van der Waals surface area contributed by atoms with Gasteiger partial charge in [0.1, 0.15) is 17.1 Å². The van der Waals surface area contributed by atoms with E-state index in [0.717, 1.165) is 31.7 Å². The fourth-order valence-electron chi connectivity index (χ4n) is 3.77. The molecule has 156 valence electrons. The number of carbonyl (C=O) groups is 1. The molecule has 2 atom stereocenters. The number of pyridine rings is 2. The molecule has 7 N–H and O–H groups in total. The molecule has 1 aliphatic rings. The number of phenolic OH excluding ortho intramolecular Hbond substituents is 1. The molecule has 2 heterocycles. The van der Waals surface area contributed by atoms with Gasteiger partial charge in [-0.25, -0.2) is 9.37 Å². The number of phenols is 1. The lowest BCUT2D eigenvalue weighted by atomic mass is 9.91. The van der Waals surface area contributed by atoms with Gasteiger partial charge in [0.25, 0.3) is 5.91 Å². The number of anilines is 3. The molecule has 2 aromatic heterocycles. The Balaban J connectivity index is 1.70. The number of carbonyl (C=O) groups excluding carboxylic acids is 1. The van der Waals surface area contributed by atoms with E-state index in [-0.39, 0.29) is 35.0 Å². The Hall–Kier alpha value is -3.46. The topological polar surface area (TPSA) is 139 Å². The number of hydrogen-bond acceptors (Lipinski definition) is 7. The van der Waals surface area contributed by atoms with Gasteiger partial charge in [0, 0.05) is 35.4 Å². The zero-order chi connectivity index (χ0) is 21.3. The van der Waals surface area contributed by atoms with E-state index in [2.05, 4.69) is 20.6 Å². The monoisotopic (exact) mass is 410 g/mol. The Morgan fingerprint density at radius 3 is 2.77 bits per heavy atom. The number of nitrogens with two attached hydrogens (primary N) is 2. The summed E-state index contributed by atoms with van der Waals surface area (Å²) in [5.74, 6) is -1.46. The second-order valence-corrected chi connectivity index (χ2v) is 7.47. The Bertz CT molecular complexity index is 1110. The van der Waals surface area contributed by atoms with Gasteiger partial charge in [-0.2, -0.15) is 0 Å². The molecule has 9 heteroatoms. The standard InChI is InChI=1S/C21H23FN6O2/c22-14-10-13(19(24)30)20(28-21(14)27-16-6-2-1-5-15(16)23)26-12-8-11-4-3-7-25-18(11)17(29)9-12/h3-4,7-10,15-16,29H,1-2,5-6,23H2,(H2,24,30)(H2,26,27,28)/t15-,16+/m0/s1. The number of benzene rings is 1. The highest BCUT2D eigenvalue weighted by Crippen LogP contribution is 2.31. The smallest absolute Gasteiger partial charge is 0.252 e. The van der Waals surface area contributed by atoms with Gasteiger partial charge in [0.2, 0.25) is 0 Å². The fourth-order valence-corrected chi connectivity index (χ4v) is 3.77. The number of halogens is 1. The minimum absolute atomic E-state index is 0.00322. The van der Waals surface area contributed by atoms with E-state index in [9.17, 15) is 14.3 Å². The van der Waals surface area contributed by atoms with Crippen molar-refractivity contribution < 1.29 is 14.3 Å². The third-order valence-corrected chi connectivity index (χ3v) is 5.33. The van der Waals surface area contributed by atoms with E-state index in [0.29, 0.717) is 16.6 Å². The first-order valence-electron chi connectivity index (χ1n) is 9.79. The van der Waals surface area contributed by atoms with Gasteiger partial charge in [-0.3, -0.25) is 9.78 Å². The molecule has 1 fully saturated rings. The Labute approximate surface area is 172 Å². The van der Waals surface area contributed by atoms with Gasteiger partial charge in [0.15, 0.2) is 11.6 Å². The summed E-state index contributed by atoms with van der Waals surface area (Å²) in [4.78, 5) is 20.3. The third-order valence-electron chi connectivity index (χ3n) is 5.33. The van der Waals surface area contributed by atoms with Crippen LogP contribution in [0.2, 0.25) is 0 Å². The summed E-state index contributed by atoms with van der Waals surface area (Å²) in [6.07, 6.45) is 5.29. The SMILES string of the molecule is NC(=O)c1cc(F)c(N[C@@H]2CCCC[C@@H]2N)nc1Nc1cc(O)c2ncccc2c1. The van der Waals surface area contributed by atoms with Gasteiger partial charge >= 0.3 is 0 Å². The lowest BCUT2D eigenvalue weighted by Crippen LogP contribution is -2.43. The zero-order valence-corrected chi connectivity index (χ0v) is 16.2. The molecule has 0 unspecified atom stereocenters. The number of rotatable bonds is 5. The van der Waals surface area contributed by atoms with Crippen LogP contribution in [0.15, 0.2) is 36.5 Å². The van der Waals surface area contributed by atoms with E-state index in [1.54, 1.807) is 24.4 Å². The molecule has 4 rings (SSSR count). The predicted molar refractivity (Wildman–Crippen MR) is 113 cm³/mol. The maximum atomic E-state index is 14.6. The van der Waals surface area contributed by atoms with Crippen LogP contribution in [0.4, 0.5) is 21.7 Å². The Morgan fingerprint density at radius 1 is 1.20 bits per heavy atom. The van der Waals surface area contributed by atoms with Crippen LogP contribution in [-0.4, -0.2) is 33.1 Å². The number of aromatic hydroxyl groups is 1. The minimum Gasteiger partial charge on any atom is -0.506 e. The van der Waals surface area contributed by atoms with Gasteiger partial charge in [-0.05, 0) is 31.0 Å². The largest absolute Gasteiger partial charge is 0.506 e. The quantitative estimate of drug-likeness (QED) is 0.436. The molecule has 30 heavy (non-hydrogen) atoms. The van der Waals surface area contributed by atoms with Crippen LogP contribution < -0.4 is 22.1 Å². The Morgan fingerprint density at radius 2 is 2.00 bits per heavy atom. The molecule has 3 aromatic rings. The number of primary amides is 1. The van der Waals surface area contributed by atoms with Gasteiger partial charge in [-0.15, -0.1) is 0 Å². The lowest BCUT2D eigenvalue weighted by Gasteiger charge is -2.30. The maximum Gasteiger partial charge on any atom is 0.252 e. The summed E-state index contributed by atoms with van der Waals surface area (Å²) in [6.45, 7) is 0. The van der Waals surface area contributed by atoms with Crippen molar-refractivity contribution in [2.75, 3.05) is 10.6 Å². The summed E-state index contributed by atoms with van der Waals surface area (Å²) in [7, 11) is 0. The van der Waals surface area contributed by atoms with E-state index < -0.39 is 11.7 Å². The highest BCUT2D eigenvalue weighted by Gasteiger charge is 2.24. The minimum atomic E-state index is -0.823. The molecule has 1 saturated carbocycles. The first-order chi connectivity index (χ1) is 14.4. The normalized spacial score (nSPS) is 18.9. The second-order valence-electron chi connectivity index (χ2n) is 7.47. The van der Waals surface area contributed by atoms with Crippen LogP contribution in [0.3, 0.4) is 0 Å². The summed E-state index contributed by atoms with van der Waals surface area (Å²) >= 11 is 0.